The van der Waals surface area contributed by atoms with Gasteiger partial charge in [-0.2, -0.15) is 5.10 Å². The predicted octanol–water partition coefficient (Wildman–Crippen LogP) is 3.87. The molecule has 0 aliphatic heterocycles. The Morgan fingerprint density at radius 2 is 1.84 bits per heavy atom. The molecule has 2 amide bonds. The smallest absolute Gasteiger partial charge is 0.319 e. The molecule has 1 aromatic heterocycles. The fraction of sp³-hybridized carbons (Fsp3) is 0.200. The monoisotopic (exact) mass is 334 g/mol. The molecular formula is C20H22N4O. The van der Waals surface area contributed by atoms with Crippen molar-refractivity contribution in [3.05, 3.63) is 83.2 Å². The third-order valence-corrected chi connectivity index (χ3v) is 4.30. The standard InChI is InChI=1S/C20H22N4O/c1-15-7-5-10-19(16(15)2)23-20(25)21-13-17-8-3-4-9-18(17)14-24-12-6-11-22-24/h3-12H,13-14H2,1-2H3,(H2,21,23,25). The van der Waals surface area contributed by atoms with Gasteiger partial charge >= 0.3 is 6.03 Å². The third-order valence-electron chi connectivity index (χ3n) is 4.30. The van der Waals surface area contributed by atoms with E-state index in [0.29, 0.717) is 13.1 Å². The van der Waals surface area contributed by atoms with Crippen LogP contribution in [0.15, 0.2) is 60.9 Å². The Bertz CT molecular complexity index is 856. The lowest BCUT2D eigenvalue weighted by Crippen LogP contribution is -2.29. The molecular weight excluding hydrogens is 312 g/mol. The zero-order valence-electron chi connectivity index (χ0n) is 14.5. The number of nitrogens with one attached hydrogen (secondary N) is 2. The summed E-state index contributed by atoms with van der Waals surface area (Å²) < 4.78 is 1.87. The number of carbonyl (C=O) groups excluding carboxylic acids is 1. The second-order valence-corrected chi connectivity index (χ2v) is 6.03. The highest BCUT2D eigenvalue weighted by Gasteiger charge is 2.08. The van der Waals surface area contributed by atoms with E-state index in [1.807, 2.05) is 67.2 Å². The van der Waals surface area contributed by atoms with Crippen molar-refractivity contribution in [2.24, 2.45) is 0 Å². The van der Waals surface area contributed by atoms with Gasteiger partial charge in [0.2, 0.25) is 0 Å². The van der Waals surface area contributed by atoms with Crippen LogP contribution >= 0.6 is 0 Å². The third kappa shape index (κ3) is 4.26. The van der Waals surface area contributed by atoms with Crippen molar-refractivity contribution in [1.29, 1.82) is 0 Å². The van der Waals surface area contributed by atoms with E-state index in [4.69, 9.17) is 0 Å². The number of nitrogens with zero attached hydrogens (tertiary/aromatic N) is 2. The first-order valence-corrected chi connectivity index (χ1v) is 8.29. The molecule has 0 saturated carbocycles. The van der Waals surface area contributed by atoms with E-state index in [1.54, 1.807) is 6.20 Å². The van der Waals surface area contributed by atoms with Crippen molar-refractivity contribution in [2.45, 2.75) is 26.9 Å². The van der Waals surface area contributed by atoms with E-state index >= 15 is 0 Å². The Morgan fingerprint density at radius 3 is 2.60 bits per heavy atom. The van der Waals surface area contributed by atoms with Crippen LogP contribution in [0.3, 0.4) is 0 Å². The molecule has 0 radical (unpaired) electrons. The predicted molar refractivity (Wildman–Crippen MR) is 99.5 cm³/mol. The van der Waals surface area contributed by atoms with Crippen LogP contribution in [0.1, 0.15) is 22.3 Å². The van der Waals surface area contributed by atoms with Crippen LogP contribution in [-0.2, 0) is 13.1 Å². The van der Waals surface area contributed by atoms with Crippen LogP contribution in [0.25, 0.3) is 0 Å². The van der Waals surface area contributed by atoms with Crippen LogP contribution in [0.4, 0.5) is 10.5 Å². The molecule has 25 heavy (non-hydrogen) atoms. The Balaban J connectivity index is 1.63. The first kappa shape index (κ1) is 16.8. The number of rotatable bonds is 5. The summed E-state index contributed by atoms with van der Waals surface area (Å²) in [6.07, 6.45) is 3.69. The van der Waals surface area contributed by atoms with E-state index in [0.717, 1.165) is 27.9 Å². The van der Waals surface area contributed by atoms with E-state index in [-0.39, 0.29) is 6.03 Å². The lowest BCUT2D eigenvalue weighted by atomic mass is 10.1. The highest BCUT2D eigenvalue weighted by Crippen LogP contribution is 2.18. The number of anilines is 1. The van der Waals surface area contributed by atoms with Gasteiger partial charge in [0, 0.05) is 24.6 Å². The molecule has 0 bridgehead atoms. The summed E-state index contributed by atoms with van der Waals surface area (Å²) in [7, 11) is 0. The van der Waals surface area contributed by atoms with Crippen LogP contribution in [-0.4, -0.2) is 15.8 Å². The molecule has 0 saturated heterocycles. The molecule has 5 nitrogen and oxygen atoms in total. The van der Waals surface area contributed by atoms with Crippen molar-refractivity contribution >= 4 is 11.7 Å². The summed E-state index contributed by atoms with van der Waals surface area (Å²) >= 11 is 0. The Hall–Kier alpha value is -3.08. The molecule has 5 heteroatoms. The van der Waals surface area contributed by atoms with Crippen LogP contribution in [0.2, 0.25) is 0 Å². The van der Waals surface area contributed by atoms with Gasteiger partial charge in [0.05, 0.1) is 6.54 Å². The van der Waals surface area contributed by atoms with Gasteiger partial charge in [0.1, 0.15) is 0 Å². The Morgan fingerprint density at radius 1 is 1.04 bits per heavy atom. The number of hydrogen-bond acceptors (Lipinski definition) is 2. The molecule has 0 aliphatic carbocycles. The Labute approximate surface area is 147 Å². The molecule has 0 atom stereocenters. The highest BCUT2D eigenvalue weighted by molar-refractivity contribution is 5.90. The number of urea groups is 1. The zero-order valence-corrected chi connectivity index (χ0v) is 14.5. The van der Waals surface area contributed by atoms with Gasteiger partial charge in [-0.25, -0.2) is 4.79 Å². The largest absolute Gasteiger partial charge is 0.334 e. The number of aryl methyl sites for hydroxylation is 1. The maximum absolute atomic E-state index is 12.2. The fourth-order valence-electron chi connectivity index (χ4n) is 2.68. The summed E-state index contributed by atoms with van der Waals surface area (Å²) in [5, 5.41) is 10.1. The second kappa shape index (κ2) is 7.66. The SMILES string of the molecule is Cc1cccc(NC(=O)NCc2ccccc2Cn2cccn2)c1C. The molecule has 128 valence electrons. The number of aromatic nitrogens is 2. The molecule has 2 aromatic carbocycles. The number of carbonyl (C=O) groups is 1. The van der Waals surface area contributed by atoms with E-state index < -0.39 is 0 Å². The van der Waals surface area contributed by atoms with Gasteiger partial charge in [-0.15, -0.1) is 0 Å². The summed E-state index contributed by atoms with van der Waals surface area (Å²) in [4.78, 5) is 12.2. The topological polar surface area (TPSA) is 59.0 Å². The average Bonchev–Trinajstić information content (AvgIpc) is 3.11. The minimum absolute atomic E-state index is 0.206. The van der Waals surface area contributed by atoms with Gasteiger partial charge in [0.25, 0.3) is 0 Å². The normalized spacial score (nSPS) is 10.5. The van der Waals surface area contributed by atoms with Crippen LogP contribution in [0, 0.1) is 13.8 Å². The summed E-state index contributed by atoms with van der Waals surface area (Å²) in [5.41, 5.74) is 5.29. The van der Waals surface area contributed by atoms with Crippen molar-refractivity contribution < 1.29 is 4.79 Å². The van der Waals surface area contributed by atoms with E-state index in [9.17, 15) is 4.79 Å². The quantitative estimate of drug-likeness (QED) is 0.744. The Kier molecular flexibility index (Phi) is 5.14. The van der Waals surface area contributed by atoms with E-state index in [2.05, 4.69) is 21.8 Å². The maximum Gasteiger partial charge on any atom is 0.319 e. The van der Waals surface area contributed by atoms with Gasteiger partial charge in [-0.1, -0.05) is 36.4 Å². The molecule has 0 fully saturated rings. The lowest BCUT2D eigenvalue weighted by Gasteiger charge is -2.13. The number of benzene rings is 2. The first-order chi connectivity index (χ1) is 12.1. The van der Waals surface area contributed by atoms with Gasteiger partial charge in [-0.05, 0) is 48.2 Å². The average molecular weight is 334 g/mol. The van der Waals surface area contributed by atoms with Crippen molar-refractivity contribution in [1.82, 2.24) is 15.1 Å². The van der Waals surface area contributed by atoms with Crippen LogP contribution in [0.5, 0.6) is 0 Å². The summed E-state index contributed by atoms with van der Waals surface area (Å²) in [5.74, 6) is 0. The maximum atomic E-state index is 12.2. The highest BCUT2D eigenvalue weighted by atomic mass is 16.2. The van der Waals surface area contributed by atoms with Gasteiger partial charge in [-0.3, -0.25) is 4.68 Å². The molecule has 0 spiro atoms. The molecule has 0 aliphatic rings. The molecule has 3 aromatic rings. The molecule has 1 heterocycles. The van der Waals surface area contributed by atoms with E-state index in [1.165, 1.54) is 0 Å². The minimum Gasteiger partial charge on any atom is -0.334 e. The fourth-order valence-corrected chi connectivity index (χ4v) is 2.68. The second-order valence-electron chi connectivity index (χ2n) is 6.03. The van der Waals surface area contributed by atoms with Crippen molar-refractivity contribution in [3.8, 4) is 0 Å². The first-order valence-electron chi connectivity index (χ1n) is 8.29. The van der Waals surface area contributed by atoms with Crippen molar-refractivity contribution in [2.75, 3.05) is 5.32 Å². The molecule has 2 N–H and O–H groups in total. The number of amides is 2. The minimum atomic E-state index is -0.206. The summed E-state index contributed by atoms with van der Waals surface area (Å²) in [6.45, 7) is 5.19. The number of hydrogen-bond donors (Lipinski definition) is 2. The molecule has 3 rings (SSSR count). The van der Waals surface area contributed by atoms with Gasteiger partial charge < -0.3 is 10.6 Å². The van der Waals surface area contributed by atoms with Crippen molar-refractivity contribution in [3.63, 3.8) is 0 Å². The summed E-state index contributed by atoms with van der Waals surface area (Å²) in [6, 6.07) is 15.6. The molecule has 0 unspecified atom stereocenters. The lowest BCUT2D eigenvalue weighted by molar-refractivity contribution is 0.251. The van der Waals surface area contributed by atoms with Crippen LogP contribution < -0.4 is 10.6 Å². The zero-order chi connectivity index (χ0) is 17.6. The van der Waals surface area contributed by atoms with Gasteiger partial charge in [0.15, 0.2) is 0 Å².